The van der Waals surface area contributed by atoms with E-state index in [0.717, 1.165) is 0 Å². The maximum absolute atomic E-state index is 13.1. The topological polar surface area (TPSA) is 81.4 Å². The molecule has 0 radical (unpaired) electrons. The zero-order chi connectivity index (χ0) is 13.9. The molecule has 100 valence electrons. The van der Waals surface area contributed by atoms with Gasteiger partial charge in [-0.05, 0) is 29.8 Å². The number of nitrogens with one attached hydrogen (secondary N) is 1. The Labute approximate surface area is 117 Å². The van der Waals surface area contributed by atoms with Crippen molar-refractivity contribution in [2.75, 3.05) is 5.32 Å². The van der Waals surface area contributed by atoms with Crippen molar-refractivity contribution in [3.05, 3.63) is 48.0 Å². The second-order valence-corrected chi connectivity index (χ2v) is 4.04. The van der Waals surface area contributed by atoms with Gasteiger partial charge in [-0.3, -0.25) is 0 Å². The number of benzene rings is 1. The molecule has 0 aliphatic carbocycles. The van der Waals surface area contributed by atoms with Crippen molar-refractivity contribution in [2.24, 2.45) is 0 Å². The third kappa shape index (κ3) is 2.69. The molecule has 3 rings (SSSR count). The summed E-state index contributed by atoms with van der Waals surface area (Å²) in [7, 11) is 0. The third-order valence-corrected chi connectivity index (χ3v) is 2.47. The van der Waals surface area contributed by atoms with E-state index in [0.29, 0.717) is 5.69 Å². The monoisotopic (exact) mass is 291 g/mol. The van der Waals surface area contributed by atoms with Crippen LogP contribution in [-0.4, -0.2) is 29.7 Å². The van der Waals surface area contributed by atoms with Crippen molar-refractivity contribution in [3.8, 4) is 5.95 Å². The first-order valence-electron chi connectivity index (χ1n) is 5.50. The highest BCUT2D eigenvalue weighted by molar-refractivity contribution is 6.28. The lowest BCUT2D eigenvalue weighted by Gasteiger charge is -2.06. The lowest BCUT2D eigenvalue weighted by Crippen LogP contribution is -2.07. The molecule has 0 aliphatic heterocycles. The minimum absolute atomic E-state index is 0.00981. The van der Waals surface area contributed by atoms with E-state index < -0.39 is 0 Å². The Morgan fingerprint density at radius 3 is 2.85 bits per heavy atom. The van der Waals surface area contributed by atoms with Crippen LogP contribution in [0.4, 0.5) is 16.0 Å². The SMILES string of the molecule is Fc1cccc(Nc2nc(Cl)nc(-n3cncn3)n2)c1. The summed E-state index contributed by atoms with van der Waals surface area (Å²) in [6.45, 7) is 0. The molecule has 2 aromatic heterocycles. The summed E-state index contributed by atoms with van der Waals surface area (Å²) < 4.78 is 14.4. The largest absolute Gasteiger partial charge is 0.324 e. The number of nitrogens with zero attached hydrogens (tertiary/aromatic N) is 6. The van der Waals surface area contributed by atoms with Gasteiger partial charge in [0.25, 0.3) is 5.95 Å². The molecular weight excluding hydrogens is 285 g/mol. The number of aromatic nitrogens is 6. The van der Waals surface area contributed by atoms with Gasteiger partial charge in [-0.1, -0.05) is 6.07 Å². The second kappa shape index (κ2) is 5.17. The van der Waals surface area contributed by atoms with Crippen molar-refractivity contribution < 1.29 is 4.39 Å². The first-order chi connectivity index (χ1) is 9.70. The van der Waals surface area contributed by atoms with E-state index in [4.69, 9.17) is 11.6 Å². The van der Waals surface area contributed by atoms with Gasteiger partial charge in [-0.25, -0.2) is 9.37 Å². The lowest BCUT2D eigenvalue weighted by molar-refractivity contribution is 0.628. The molecule has 1 aromatic carbocycles. The quantitative estimate of drug-likeness (QED) is 0.795. The maximum Gasteiger partial charge on any atom is 0.258 e. The van der Waals surface area contributed by atoms with Crippen LogP contribution in [-0.2, 0) is 0 Å². The molecule has 2 heterocycles. The highest BCUT2D eigenvalue weighted by Gasteiger charge is 2.08. The van der Waals surface area contributed by atoms with Gasteiger partial charge in [-0.2, -0.15) is 24.7 Å². The van der Waals surface area contributed by atoms with Gasteiger partial charge in [0.1, 0.15) is 18.5 Å². The highest BCUT2D eigenvalue weighted by atomic mass is 35.5. The Bertz CT molecular complexity index is 731. The molecule has 0 bridgehead atoms. The van der Waals surface area contributed by atoms with E-state index in [1.54, 1.807) is 12.1 Å². The number of rotatable bonds is 3. The number of anilines is 2. The lowest BCUT2D eigenvalue weighted by atomic mass is 10.3. The van der Waals surface area contributed by atoms with Gasteiger partial charge in [-0.15, -0.1) is 0 Å². The van der Waals surface area contributed by atoms with Gasteiger partial charge in [0.05, 0.1) is 0 Å². The van der Waals surface area contributed by atoms with Crippen LogP contribution in [0.2, 0.25) is 5.28 Å². The van der Waals surface area contributed by atoms with E-state index >= 15 is 0 Å². The van der Waals surface area contributed by atoms with Crippen LogP contribution in [0.25, 0.3) is 5.95 Å². The van der Waals surface area contributed by atoms with Gasteiger partial charge < -0.3 is 5.32 Å². The van der Waals surface area contributed by atoms with Crippen molar-refractivity contribution in [2.45, 2.75) is 0 Å². The first kappa shape index (κ1) is 12.4. The van der Waals surface area contributed by atoms with Crippen molar-refractivity contribution >= 4 is 23.2 Å². The fraction of sp³-hybridized carbons (Fsp3) is 0. The molecule has 7 nitrogen and oxygen atoms in total. The van der Waals surface area contributed by atoms with E-state index in [9.17, 15) is 4.39 Å². The van der Waals surface area contributed by atoms with Crippen LogP contribution in [0.15, 0.2) is 36.9 Å². The zero-order valence-corrected chi connectivity index (χ0v) is 10.7. The molecule has 20 heavy (non-hydrogen) atoms. The van der Waals surface area contributed by atoms with E-state index in [1.807, 2.05) is 0 Å². The molecule has 0 saturated heterocycles. The summed E-state index contributed by atoms with van der Waals surface area (Å²) in [4.78, 5) is 15.8. The summed E-state index contributed by atoms with van der Waals surface area (Å²) in [6, 6.07) is 5.90. The van der Waals surface area contributed by atoms with Gasteiger partial charge in [0, 0.05) is 5.69 Å². The van der Waals surface area contributed by atoms with Crippen LogP contribution >= 0.6 is 11.6 Å². The standard InChI is InChI=1S/C11H7ClFN7/c12-9-17-10(16-8-3-1-2-7(13)4-8)19-11(18-9)20-6-14-5-15-20/h1-6H,(H,16,17,18,19). The average molecular weight is 292 g/mol. The molecule has 0 saturated carbocycles. The predicted octanol–water partition coefficient (Wildman–Crippen LogP) is 1.99. The summed E-state index contributed by atoms with van der Waals surface area (Å²) in [5.41, 5.74) is 0.497. The van der Waals surface area contributed by atoms with Crippen LogP contribution in [0, 0.1) is 5.82 Å². The van der Waals surface area contributed by atoms with Crippen molar-refractivity contribution in [3.63, 3.8) is 0 Å². The Hall–Kier alpha value is -2.61. The molecule has 0 unspecified atom stereocenters. The van der Waals surface area contributed by atoms with Gasteiger partial charge in [0.15, 0.2) is 0 Å². The zero-order valence-electron chi connectivity index (χ0n) is 9.90. The number of hydrogen-bond acceptors (Lipinski definition) is 6. The van der Waals surface area contributed by atoms with Crippen molar-refractivity contribution in [1.82, 2.24) is 29.7 Å². The Balaban J connectivity index is 1.94. The van der Waals surface area contributed by atoms with Crippen LogP contribution < -0.4 is 5.32 Å². The van der Waals surface area contributed by atoms with Crippen LogP contribution in [0.5, 0.6) is 0 Å². The molecule has 9 heteroatoms. The van der Waals surface area contributed by atoms with Crippen molar-refractivity contribution in [1.29, 1.82) is 0 Å². The minimum Gasteiger partial charge on any atom is -0.324 e. The Kier molecular flexibility index (Phi) is 3.21. The maximum atomic E-state index is 13.1. The molecule has 3 aromatic rings. The van der Waals surface area contributed by atoms with Crippen LogP contribution in [0.1, 0.15) is 0 Å². The van der Waals surface area contributed by atoms with Crippen LogP contribution in [0.3, 0.4) is 0 Å². The molecule has 1 N–H and O–H groups in total. The minimum atomic E-state index is -0.369. The Morgan fingerprint density at radius 2 is 2.10 bits per heavy atom. The average Bonchev–Trinajstić information content (AvgIpc) is 2.91. The highest BCUT2D eigenvalue weighted by Crippen LogP contribution is 2.16. The summed E-state index contributed by atoms with van der Waals surface area (Å²) in [6.07, 6.45) is 2.77. The molecule has 0 spiro atoms. The molecule has 0 fully saturated rings. The fourth-order valence-corrected chi connectivity index (χ4v) is 1.66. The normalized spacial score (nSPS) is 10.5. The first-order valence-corrected chi connectivity index (χ1v) is 5.88. The Morgan fingerprint density at radius 1 is 1.20 bits per heavy atom. The molecular formula is C11H7ClFN7. The molecule has 0 aliphatic rings. The number of halogens is 2. The molecule has 0 amide bonds. The smallest absolute Gasteiger partial charge is 0.258 e. The summed E-state index contributed by atoms with van der Waals surface area (Å²) in [5, 5.41) is 6.73. The second-order valence-electron chi connectivity index (χ2n) is 3.70. The molecule has 0 atom stereocenters. The van der Waals surface area contributed by atoms with Gasteiger partial charge in [0.2, 0.25) is 11.2 Å². The third-order valence-electron chi connectivity index (χ3n) is 2.30. The number of hydrogen-bond donors (Lipinski definition) is 1. The van der Waals surface area contributed by atoms with E-state index in [2.05, 4.69) is 30.4 Å². The van der Waals surface area contributed by atoms with E-state index in [1.165, 1.54) is 29.5 Å². The summed E-state index contributed by atoms with van der Waals surface area (Å²) in [5.74, 6) is 0.0224. The predicted molar refractivity (Wildman–Crippen MR) is 69.4 cm³/mol. The van der Waals surface area contributed by atoms with Gasteiger partial charge >= 0.3 is 0 Å². The van der Waals surface area contributed by atoms with E-state index in [-0.39, 0.29) is 23.0 Å². The summed E-state index contributed by atoms with van der Waals surface area (Å²) >= 11 is 5.83. The fourth-order valence-electron chi connectivity index (χ4n) is 1.50.